The lowest BCUT2D eigenvalue weighted by atomic mass is 10.3. The van der Waals surface area contributed by atoms with Crippen molar-refractivity contribution in [2.24, 2.45) is 0 Å². The summed E-state index contributed by atoms with van der Waals surface area (Å²) in [6.45, 7) is 0.218. The molecule has 0 aliphatic carbocycles. The van der Waals surface area contributed by atoms with Crippen molar-refractivity contribution in [2.45, 2.75) is 6.61 Å². The third kappa shape index (κ3) is 3.61. The molecule has 0 saturated carbocycles. The third-order valence-corrected chi connectivity index (χ3v) is 6.59. The van der Waals surface area contributed by atoms with Crippen LogP contribution in [0.5, 0.6) is 0 Å². The van der Waals surface area contributed by atoms with E-state index in [0.717, 1.165) is 5.56 Å². The molecular formula is C18H15BrNO2P. The van der Waals surface area contributed by atoms with Crippen LogP contribution in [0.1, 0.15) is 5.56 Å². The van der Waals surface area contributed by atoms with Gasteiger partial charge in [0, 0.05) is 22.4 Å². The zero-order chi connectivity index (χ0) is 16.1. The second-order valence-electron chi connectivity index (χ2n) is 4.95. The fourth-order valence-electron chi connectivity index (χ4n) is 2.23. The molecule has 0 spiro atoms. The van der Waals surface area contributed by atoms with Crippen LogP contribution < -0.4 is 10.6 Å². The van der Waals surface area contributed by atoms with Crippen LogP contribution in [-0.2, 0) is 15.7 Å². The van der Waals surface area contributed by atoms with Gasteiger partial charge < -0.3 is 4.52 Å². The number of nitrogens with zero attached hydrogens (tertiary/aromatic N) is 1. The Morgan fingerprint density at radius 2 is 1.43 bits per heavy atom. The van der Waals surface area contributed by atoms with Crippen molar-refractivity contribution >= 4 is 33.9 Å². The zero-order valence-electron chi connectivity index (χ0n) is 12.3. The van der Waals surface area contributed by atoms with Gasteiger partial charge in [0.15, 0.2) is 0 Å². The number of hydrogen-bond acceptors (Lipinski definition) is 3. The minimum absolute atomic E-state index is 0.218. The van der Waals surface area contributed by atoms with Gasteiger partial charge in [-0.05, 0) is 46.3 Å². The molecule has 2 aromatic carbocycles. The molecule has 0 radical (unpaired) electrons. The Balaban J connectivity index is 1.97. The maximum absolute atomic E-state index is 13.6. The minimum atomic E-state index is -3.16. The summed E-state index contributed by atoms with van der Waals surface area (Å²) in [5.41, 5.74) is 0.861. The topological polar surface area (TPSA) is 39.2 Å². The Labute approximate surface area is 143 Å². The molecule has 0 aliphatic heterocycles. The molecule has 3 rings (SSSR count). The Morgan fingerprint density at radius 3 is 1.96 bits per heavy atom. The smallest absolute Gasteiger partial charge is 0.261 e. The molecule has 5 heteroatoms. The van der Waals surface area contributed by atoms with E-state index in [9.17, 15) is 4.57 Å². The molecule has 3 nitrogen and oxygen atoms in total. The highest BCUT2D eigenvalue weighted by atomic mass is 79.9. The molecule has 3 aromatic rings. The number of rotatable bonds is 5. The molecule has 0 amide bonds. The maximum Gasteiger partial charge on any atom is 0.261 e. The van der Waals surface area contributed by atoms with Crippen molar-refractivity contribution in [3.63, 3.8) is 0 Å². The number of benzene rings is 2. The van der Waals surface area contributed by atoms with Crippen molar-refractivity contribution in [2.75, 3.05) is 0 Å². The molecule has 116 valence electrons. The summed E-state index contributed by atoms with van der Waals surface area (Å²) >= 11 is 3.40. The monoisotopic (exact) mass is 387 g/mol. The molecule has 0 bridgehead atoms. The first-order chi connectivity index (χ1) is 11.2. The number of hydrogen-bond donors (Lipinski definition) is 0. The Hall–Kier alpha value is -1.74. The van der Waals surface area contributed by atoms with E-state index >= 15 is 0 Å². The van der Waals surface area contributed by atoms with Gasteiger partial charge in [-0.2, -0.15) is 0 Å². The largest absolute Gasteiger partial charge is 0.317 e. The van der Waals surface area contributed by atoms with Crippen molar-refractivity contribution in [3.8, 4) is 0 Å². The average molecular weight is 388 g/mol. The summed E-state index contributed by atoms with van der Waals surface area (Å²) in [5, 5.41) is 1.37. The van der Waals surface area contributed by atoms with Crippen molar-refractivity contribution in [1.29, 1.82) is 0 Å². The van der Waals surface area contributed by atoms with Crippen LogP contribution in [0.2, 0.25) is 0 Å². The minimum Gasteiger partial charge on any atom is -0.317 e. The van der Waals surface area contributed by atoms with E-state index in [0.29, 0.717) is 15.2 Å². The summed E-state index contributed by atoms with van der Waals surface area (Å²) in [7, 11) is -3.16. The maximum atomic E-state index is 13.6. The van der Waals surface area contributed by atoms with Crippen LogP contribution in [0.4, 0.5) is 0 Å². The Kier molecular flexibility index (Phi) is 5.06. The quantitative estimate of drug-likeness (QED) is 0.484. The summed E-state index contributed by atoms with van der Waals surface area (Å²) in [5.74, 6) is 0. The molecule has 0 saturated heterocycles. The van der Waals surface area contributed by atoms with Crippen LogP contribution in [0, 0.1) is 0 Å². The predicted molar refractivity (Wildman–Crippen MR) is 96.5 cm³/mol. The molecule has 0 N–H and O–H groups in total. The van der Waals surface area contributed by atoms with E-state index in [4.69, 9.17) is 4.52 Å². The molecular weight excluding hydrogens is 373 g/mol. The lowest BCUT2D eigenvalue weighted by Gasteiger charge is -2.19. The van der Waals surface area contributed by atoms with Crippen LogP contribution in [0.25, 0.3) is 0 Å². The van der Waals surface area contributed by atoms with Gasteiger partial charge in [0.25, 0.3) is 7.37 Å². The molecule has 23 heavy (non-hydrogen) atoms. The Morgan fingerprint density at radius 1 is 0.870 bits per heavy atom. The highest BCUT2D eigenvalue weighted by Gasteiger charge is 2.28. The van der Waals surface area contributed by atoms with E-state index < -0.39 is 7.37 Å². The van der Waals surface area contributed by atoms with Gasteiger partial charge in [0.05, 0.1) is 6.61 Å². The fraction of sp³-hybridized carbons (Fsp3) is 0.0556. The van der Waals surface area contributed by atoms with E-state index in [1.807, 2.05) is 72.8 Å². The van der Waals surface area contributed by atoms with Crippen molar-refractivity contribution in [3.05, 3.63) is 89.2 Å². The molecule has 0 atom stereocenters. The van der Waals surface area contributed by atoms with E-state index in [2.05, 4.69) is 20.9 Å². The predicted octanol–water partition coefficient (Wildman–Crippen LogP) is 4.29. The van der Waals surface area contributed by atoms with Crippen LogP contribution in [0.15, 0.2) is 83.6 Å². The summed E-state index contributed by atoms with van der Waals surface area (Å²) in [4.78, 5) is 4.17. The highest BCUT2D eigenvalue weighted by molar-refractivity contribution is 9.10. The van der Waals surface area contributed by atoms with Crippen molar-refractivity contribution < 1.29 is 9.09 Å². The zero-order valence-corrected chi connectivity index (χ0v) is 14.8. The van der Waals surface area contributed by atoms with Gasteiger partial charge in [-0.3, -0.25) is 4.57 Å². The first-order valence-corrected chi connectivity index (χ1v) is 9.57. The Bertz CT molecular complexity index is 781. The van der Waals surface area contributed by atoms with Gasteiger partial charge in [-0.25, -0.2) is 4.98 Å². The van der Waals surface area contributed by atoms with E-state index in [1.54, 1.807) is 6.20 Å². The van der Waals surface area contributed by atoms with Crippen LogP contribution >= 0.6 is 23.3 Å². The molecule has 0 unspecified atom stereocenters. The lowest BCUT2D eigenvalue weighted by Crippen LogP contribution is -2.18. The molecule has 1 heterocycles. The van der Waals surface area contributed by atoms with Gasteiger partial charge in [-0.1, -0.05) is 42.5 Å². The van der Waals surface area contributed by atoms with Gasteiger partial charge in [0.2, 0.25) is 0 Å². The average Bonchev–Trinajstić information content (AvgIpc) is 2.62. The summed E-state index contributed by atoms with van der Waals surface area (Å²) < 4.78 is 20.3. The summed E-state index contributed by atoms with van der Waals surface area (Å²) in [6, 6.07) is 22.4. The van der Waals surface area contributed by atoms with Crippen LogP contribution in [-0.4, -0.2) is 4.98 Å². The first kappa shape index (κ1) is 16.1. The second-order valence-corrected chi connectivity index (χ2v) is 8.09. The highest BCUT2D eigenvalue weighted by Crippen LogP contribution is 2.45. The van der Waals surface area contributed by atoms with E-state index in [-0.39, 0.29) is 6.61 Å². The molecule has 0 fully saturated rings. The van der Waals surface area contributed by atoms with E-state index in [1.165, 1.54) is 0 Å². The lowest BCUT2D eigenvalue weighted by molar-refractivity contribution is 0.315. The normalized spacial score (nSPS) is 11.3. The molecule has 1 aromatic heterocycles. The van der Waals surface area contributed by atoms with Crippen LogP contribution in [0.3, 0.4) is 0 Å². The molecule has 0 aliphatic rings. The number of aromatic nitrogens is 1. The third-order valence-electron chi connectivity index (χ3n) is 3.43. The van der Waals surface area contributed by atoms with Crippen molar-refractivity contribution in [1.82, 2.24) is 4.98 Å². The summed E-state index contributed by atoms with van der Waals surface area (Å²) in [6.07, 6.45) is 1.70. The fourth-order valence-corrected chi connectivity index (χ4v) is 4.65. The number of halogens is 1. The van der Waals surface area contributed by atoms with Gasteiger partial charge in [-0.15, -0.1) is 0 Å². The first-order valence-electron chi connectivity index (χ1n) is 7.15. The second kappa shape index (κ2) is 7.22. The number of pyridine rings is 1. The van der Waals surface area contributed by atoms with Gasteiger partial charge in [0.1, 0.15) is 4.60 Å². The SMILES string of the molecule is O=P(OCc1cccnc1Br)(c1ccccc1)c1ccccc1. The van der Waals surface area contributed by atoms with Gasteiger partial charge >= 0.3 is 0 Å². The standard InChI is InChI=1S/C18H15BrNO2P/c19-18-15(8-7-13-20-18)14-22-23(21,16-9-3-1-4-10-16)17-11-5-2-6-12-17/h1-13H,14H2.